The van der Waals surface area contributed by atoms with E-state index < -0.39 is 0 Å². The third kappa shape index (κ3) is 1.60. The van der Waals surface area contributed by atoms with Gasteiger partial charge in [-0.3, -0.25) is 4.79 Å². The molecule has 0 radical (unpaired) electrons. The normalized spacial score (nSPS) is 23.0. The largest absolute Gasteiger partial charge is 0.469 e. The molecule has 12 heavy (non-hydrogen) atoms. The average Bonchev–Trinajstić information content (AvgIpc) is 2.45. The standard InChI is InChI=1S/C9H15NO2/c1-4-10-6-8(5-7(10)2)9(11)12-3/h8H,2,4-6H2,1,3H3. The SMILES string of the molecule is C=C1CC(C(=O)OC)CN1CC. The topological polar surface area (TPSA) is 29.5 Å². The zero-order valence-corrected chi connectivity index (χ0v) is 7.67. The van der Waals surface area contributed by atoms with Crippen LogP contribution in [0, 0.1) is 5.92 Å². The molecule has 0 spiro atoms. The van der Waals surface area contributed by atoms with Gasteiger partial charge in [-0.25, -0.2) is 0 Å². The van der Waals surface area contributed by atoms with Crippen molar-refractivity contribution in [2.75, 3.05) is 20.2 Å². The number of hydrogen-bond donors (Lipinski definition) is 0. The van der Waals surface area contributed by atoms with Gasteiger partial charge in [-0.2, -0.15) is 0 Å². The molecule has 1 aliphatic heterocycles. The number of ether oxygens (including phenoxy) is 1. The van der Waals surface area contributed by atoms with Crippen LogP contribution in [0.1, 0.15) is 13.3 Å². The van der Waals surface area contributed by atoms with Crippen LogP contribution in [0.15, 0.2) is 12.3 Å². The van der Waals surface area contributed by atoms with Gasteiger partial charge in [-0.15, -0.1) is 0 Å². The number of likely N-dealkylation sites (tertiary alicyclic amines) is 1. The van der Waals surface area contributed by atoms with Gasteiger partial charge < -0.3 is 9.64 Å². The molecule has 1 saturated heterocycles. The van der Waals surface area contributed by atoms with Gasteiger partial charge in [0.1, 0.15) is 0 Å². The highest BCUT2D eigenvalue weighted by molar-refractivity contribution is 5.73. The smallest absolute Gasteiger partial charge is 0.310 e. The minimum atomic E-state index is -0.118. The number of carbonyl (C=O) groups is 1. The van der Waals surface area contributed by atoms with Crippen molar-refractivity contribution in [2.45, 2.75) is 13.3 Å². The molecule has 0 amide bonds. The summed E-state index contributed by atoms with van der Waals surface area (Å²) in [4.78, 5) is 13.2. The van der Waals surface area contributed by atoms with E-state index in [2.05, 4.69) is 23.1 Å². The van der Waals surface area contributed by atoms with Crippen LogP contribution in [0.3, 0.4) is 0 Å². The van der Waals surface area contributed by atoms with Gasteiger partial charge >= 0.3 is 5.97 Å². The summed E-state index contributed by atoms with van der Waals surface area (Å²) < 4.78 is 4.67. The lowest BCUT2D eigenvalue weighted by Crippen LogP contribution is -2.22. The molecular weight excluding hydrogens is 154 g/mol. The van der Waals surface area contributed by atoms with Crippen molar-refractivity contribution in [3.05, 3.63) is 12.3 Å². The average molecular weight is 169 g/mol. The summed E-state index contributed by atoms with van der Waals surface area (Å²) in [5, 5.41) is 0. The summed E-state index contributed by atoms with van der Waals surface area (Å²) in [6.45, 7) is 7.64. The first kappa shape index (κ1) is 9.10. The Labute approximate surface area is 73.0 Å². The number of nitrogens with zero attached hydrogens (tertiary/aromatic N) is 1. The Hall–Kier alpha value is -0.990. The van der Waals surface area contributed by atoms with Gasteiger partial charge in [-0.1, -0.05) is 6.58 Å². The highest BCUT2D eigenvalue weighted by Crippen LogP contribution is 2.25. The Morgan fingerprint density at radius 1 is 1.83 bits per heavy atom. The van der Waals surface area contributed by atoms with Crippen LogP contribution in [-0.2, 0) is 9.53 Å². The molecule has 68 valence electrons. The summed E-state index contributed by atoms with van der Waals surface area (Å²) in [7, 11) is 1.43. The summed E-state index contributed by atoms with van der Waals surface area (Å²) in [5.74, 6) is -0.116. The van der Waals surface area contributed by atoms with Gasteiger partial charge in [0.05, 0.1) is 13.0 Å². The summed E-state index contributed by atoms with van der Waals surface area (Å²) in [6, 6.07) is 0. The van der Waals surface area contributed by atoms with Gasteiger partial charge in [0, 0.05) is 25.2 Å². The van der Waals surface area contributed by atoms with Crippen LogP contribution in [0.4, 0.5) is 0 Å². The van der Waals surface area contributed by atoms with E-state index in [0.29, 0.717) is 0 Å². The first-order chi connectivity index (χ1) is 5.69. The molecule has 1 heterocycles. The maximum Gasteiger partial charge on any atom is 0.310 e. The van der Waals surface area contributed by atoms with Gasteiger partial charge in [0.15, 0.2) is 0 Å². The fourth-order valence-electron chi connectivity index (χ4n) is 1.55. The number of hydrogen-bond acceptors (Lipinski definition) is 3. The third-order valence-electron chi connectivity index (χ3n) is 2.29. The second-order valence-electron chi connectivity index (χ2n) is 3.03. The summed E-state index contributed by atoms with van der Waals surface area (Å²) in [6.07, 6.45) is 0.751. The molecule has 0 aromatic rings. The van der Waals surface area contributed by atoms with E-state index in [1.54, 1.807) is 0 Å². The van der Waals surface area contributed by atoms with Crippen LogP contribution in [-0.4, -0.2) is 31.1 Å². The number of carbonyl (C=O) groups excluding carboxylic acids is 1. The van der Waals surface area contributed by atoms with Crippen molar-refractivity contribution >= 4 is 5.97 Å². The van der Waals surface area contributed by atoms with Crippen molar-refractivity contribution in [1.82, 2.24) is 4.90 Å². The van der Waals surface area contributed by atoms with Gasteiger partial charge in [0.2, 0.25) is 0 Å². The van der Waals surface area contributed by atoms with E-state index in [0.717, 1.165) is 25.2 Å². The highest BCUT2D eigenvalue weighted by Gasteiger charge is 2.30. The highest BCUT2D eigenvalue weighted by atomic mass is 16.5. The first-order valence-electron chi connectivity index (χ1n) is 4.19. The van der Waals surface area contributed by atoms with E-state index >= 15 is 0 Å². The summed E-state index contributed by atoms with van der Waals surface area (Å²) in [5.41, 5.74) is 1.05. The number of rotatable bonds is 2. The molecule has 1 rings (SSSR count). The van der Waals surface area contributed by atoms with Crippen molar-refractivity contribution in [3.8, 4) is 0 Å². The molecule has 1 aliphatic rings. The van der Waals surface area contributed by atoms with Gasteiger partial charge in [0.25, 0.3) is 0 Å². The lowest BCUT2D eigenvalue weighted by molar-refractivity contribution is -0.144. The van der Waals surface area contributed by atoms with E-state index in [9.17, 15) is 4.79 Å². The zero-order chi connectivity index (χ0) is 9.14. The summed E-state index contributed by atoms with van der Waals surface area (Å²) >= 11 is 0. The van der Waals surface area contributed by atoms with Crippen molar-refractivity contribution in [3.63, 3.8) is 0 Å². The molecular formula is C9H15NO2. The second kappa shape index (κ2) is 3.61. The number of esters is 1. The molecule has 3 heteroatoms. The lowest BCUT2D eigenvalue weighted by Gasteiger charge is -2.15. The van der Waals surface area contributed by atoms with Crippen molar-refractivity contribution in [1.29, 1.82) is 0 Å². The third-order valence-corrected chi connectivity index (χ3v) is 2.29. The zero-order valence-electron chi connectivity index (χ0n) is 7.67. The molecule has 0 aromatic carbocycles. The minimum absolute atomic E-state index is 0.00227. The number of allylic oxidation sites excluding steroid dienone is 1. The van der Waals surface area contributed by atoms with Crippen LogP contribution in [0.2, 0.25) is 0 Å². The number of methoxy groups -OCH3 is 1. The molecule has 1 unspecified atom stereocenters. The predicted octanol–water partition coefficient (Wildman–Crippen LogP) is 1.01. The van der Waals surface area contributed by atoms with Crippen molar-refractivity contribution in [2.24, 2.45) is 5.92 Å². The van der Waals surface area contributed by atoms with Crippen LogP contribution in [0.5, 0.6) is 0 Å². The molecule has 1 atom stereocenters. The monoisotopic (exact) mass is 169 g/mol. The molecule has 3 nitrogen and oxygen atoms in total. The Kier molecular flexibility index (Phi) is 2.74. The van der Waals surface area contributed by atoms with Gasteiger partial charge in [-0.05, 0) is 6.92 Å². The van der Waals surface area contributed by atoms with E-state index in [1.165, 1.54) is 7.11 Å². The Morgan fingerprint density at radius 3 is 2.92 bits per heavy atom. The fourth-order valence-corrected chi connectivity index (χ4v) is 1.55. The van der Waals surface area contributed by atoms with Crippen LogP contribution < -0.4 is 0 Å². The van der Waals surface area contributed by atoms with Crippen molar-refractivity contribution < 1.29 is 9.53 Å². The molecule has 0 bridgehead atoms. The molecule has 0 N–H and O–H groups in total. The van der Waals surface area contributed by atoms with Crippen LogP contribution >= 0.6 is 0 Å². The molecule has 0 saturated carbocycles. The minimum Gasteiger partial charge on any atom is -0.469 e. The van der Waals surface area contributed by atoms with Crippen LogP contribution in [0.25, 0.3) is 0 Å². The van der Waals surface area contributed by atoms with E-state index in [4.69, 9.17) is 0 Å². The molecule has 0 aromatic heterocycles. The second-order valence-corrected chi connectivity index (χ2v) is 3.03. The maximum absolute atomic E-state index is 11.1. The predicted molar refractivity (Wildman–Crippen MR) is 46.5 cm³/mol. The Balaban J connectivity index is 2.54. The van der Waals surface area contributed by atoms with E-state index in [1.807, 2.05) is 0 Å². The fraction of sp³-hybridized carbons (Fsp3) is 0.667. The molecule has 0 aliphatic carbocycles. The Morgan fingerprint density at radius 2 is 2.50 bits per heavy atom. The lowest BCUT2D eigenvalue weighted by atomic mass is 10.1. The quantitative estimate of drug-likeness (QED) is 0.578. The van der Waals surface area contributed by atoms with E-state index in [-0.39, 0.29) is 11.9 Å². The first-order valence-corrected chi connectivity index (χ1v) is 4.19. The Bertz CT molecular complexity index is 199. The molecule has 1 fully saturated rings. The maximum atomic E-state index is 11.1.